The molecule has 0 aliphatic carbocycles. The van der Waals surface area contributed by atoms with Crippen molar-refractivity contribution in [2.45, 2.75) is 38.8 Å². The van der Waals surface area contributed by atoms with Crippen molar-refractivity contribution in [1.82, 2.24) is 5.32 Å². The predicted octanol–water partition coefficient (Wildman–Crippen LogP) is 3.30. The number of halogens is 2. The summed E-state index contributed by atoms with van der Waals surface area (Å²) in [5, 5.41) is 5.06. The van der Waals surface area contributed by atoms with E-state index >= 15 is 0 Å². The Morgan fingerprint density at radius 1 is 1.27 bits per heavy atom. The van der Waals surface area contributed by atoms with Crippen LogP contribution in [-0.4, -0.2) is 31.9 Å². The molecule has 0 spiro atoms. The zero-order valence-corrected chi connectivity index (χ0v) is 13.4. The lowest BCUT2D eigenvalue weighted by Gasteiger charge is -2.27. The summed E-state index contributed by atoms with van der Waals surface area (Å²) in [6.45, 7) is 5.62. The van der Waals surface area contributed by atoms with Crippen LogP contribution in [0, 0.1) is 11.6 Å². The van der Waals surface area contributed by atoms with E-state index in [1.807, 2.05) is 20.8 Å². The summed E-state index contributed by atoms with van der Waals surface area (Å²) in [5.74, 6) is -2.25. The number of nitrogens with one attached hydrogen (secondary N) is 2. The van der Waals surface area contributed by atoms with Crippen molar-refractivity contribution in [3.8, 4) is 5.75 Å². The van der Waals surface area contributed by atoms with Crippen LogP contribution in [0.4, 0.5) is 19.3 Å². The van der Waals surface area contributed by atoms with Crippen molar-refractivity contribution in [3.63, 3.8) is 0 Å². The molecule has 2 N–H and O–H groups in total. The molecular weight excluding hydrogens is 294 g/mol. The van der Waals surface area contributed by atoms with Gasteiger partial charge < -0.3 is 20.1 Å². The van der Waals surface area contributed by atoms with Crippen LogP contribution >= 0.6 is 0 Å². The summed E-state index contributed by atoms with van der Waals surface area (Å²) in [6.07, 6.45) is 0.586. The molecule has 0 saturated heterocycles. The minimum absolute atomic E-state index is 0.00602. The van der Waals surface area contributed by atoms with Gasteiger partial charge in [0.15, 0.2) is 17.4 Å². The summed E-state index contributed by atoms with van der Waals surface area (Å²) in [7, 11) is 2.76. The van der Waals surface area contributed by atoms with Crippen molar-refractivity contribution < 1.29 is 23.0 Å². The van der Waals surface area contributed by atoms with Gasteiger partial charge in [0.1, 0.15) is 0 Å². The van der Waals surface area contributed by atoms with Gasteiger partial charge in [-0.3, -0.25) is 0 Å². The second-order valence-corrected chi connectivity index (χ2v) is 5.64. The maximum atomic E-state index is 13.5. The molecular formula is C15H22F2N2O3. The smallest absolute Gasteiger partial charge is 0.319 e. The number of benzene rings is 1. The topological polar surface area (TPSA) is 59.6 Å². The lowest BCUT2D eigenvalue weighted by atomic mass is 10.00. The van der Waals surface area contributed by atoms with E-state index in [1.165, 1.54) is 7.11 Å². The van der Waals surface area contributed by atoms with Gasteiger partial charge in [0.25, 0.3) is 0 Å². The van der Waals surface area contributed by atoms with Gasteiger partial charge in [0.2, 0.25) is 0 Å². The average Bonchev–Trinajstić information content (AvgIpc) is 2.37. The van der Waals surface area contributed by atoms with Crippen LogP contribution < -0.4 is 15.4 Å². The Balaban J connectivity index is 2.66. The van der Waals surface area contributed by atoms with Gasteiger partial charge in [-0.15, -0.1) is 0 Å². The Labute approximate surface area is 129 Å². The molecule has 0 unspecified atom stereocenters. The molecule has 0 bridgehead atoms. The monoisotopic (exact) mass is 316 g/mol. The molecule has 0 radical (unpaired) electrons. The largest absolute Gasteiger partial charge is 0.491 e. The Bertz CT molecular complexity index is 513. The molecule has 0 aliphatic rings. The Morgan fingerprint density at radius 3 is 2.27 bits per heavy atom. The molecule has 1 rings (SSSR count). The molecule has 1 aromatic carbocycles. The number of hydrogen-bond donors (Lipinski definition) is 2. The van der Waals surface area contributed by atoms with E-state index < -0.39 is 23.4 Å². The normalized spacial score (nSPS) is 12.7. The lowest BCUT2D eigenvalue weighted by molar-refractivity contribution is 0.00963. The molecule has 7 heteroatoms. The summed E-state index contributed by atoms with van der Waals surface area (Å²) >= 11 is 0. The first-order valence-corrected chi connectivity index (χ1v) is 6.84. The average molecular weight is 316 g/mol. The quantitative estimate of drug-likeness (QED) is 0.846. The van der Waals surface area contributed by atoms with Crippen molar-refractivity contribution in [2.24, 2.45) is 0 Å². The fourth-order valence-electron chi connectivity index (χ4n) is 2.09. The second-order valence-electron chi connectivity index (χ2n) is 5.64. The molecule has 5 nitrogen and oxygen atoms in total. The first kappa shape index (κ1) is 18.2. The first-order chi connectivity index (χ1) is 10.2. The lowest BCUT2D eigenvalue weighted by Crippen LogP contribution is -2.41. The number of carbonyl (C=O) groups excluding carboxylic acids is 1. The number of ether oxygens (including phenoxy) is 2. The third kappa shape index (κ3) is 5.14. The minimum atomic E-state index is -0.883. The molecule has 1 aromatic rings. The molecule has 22 heavy (non-hydrogen) atoms. The number of methoxy groups -OCH3 is 2. The first-order valence-electron chi connectivity index (χ1n) is 6.84. The third-order valence-corrected chi connectivity index (χ3v) is 3.19. The Hall–Kier alpha value is -1.89. The standard InChI is InChI=1S/C15H22F2N2O3/c1-9(8-15(2,3)22-5)18-14(20)19-10-6-11(16)13(21-4)12(17)7-10/h6-7,9H,8H2,1-5H3,(H2,18,19,20)/t9-/m1/s1. The minimum Gasteiger partial charge on any atom is -0.491 e. The number of urea groups is 1. The van der Waals surface area contributed by atoms with Crippen molar-refractivity contribution in [1.29, 1.82) is 0 Å². The molecule has 2 amide bonds. The molecule has 0 aliphatic heterocycles. The van der Waals surface area contributed by atoms with Gasteiger partial charge in [-0.2, -0.15) is 0 Å². The van der Waals surface area contributed by atoms with Gasteiger partial charge in [-0.1, -0.05) is 0 Å². The maximum absolute atomic E-state index is 13.5. The zero-order chi connectivity index (χ0) is 16.9. The van der Waals surface area contributed by atoms with Gasteiger partial charge in [-0.05, 0) is 27.2 Å². The fraction of sp³-hybridized carbons (Fsp3) is 0.533. The number of hydrogen-bond acceptors (Lipinski definition) is 3. The molecule has 124 valence electrons. The van der Waals surface area contributed by atoms with Crippen LogP contribution in [-0.2, 0) is 4.74 Å². The summed E-state index contributed by atoms with van der Waals surface area (Å²) in [6, 6.07) is 1.25. The number of anilines is 1. The Morgan fingerprint density at radius 2 is 1.82 bits per heavy atom. The summed E-state index contributed by atoms with van der Waals surface area (Å²) < 4.78 is 36.9. The van der Waals surface area contributed by atoms with E-state index in [1.54, 1.807) is 7.11 Å². The van der Waals surface area contributed by atoms with Crippen LogP contribution in [0.5, 0.6) is 5.75 Å². The summed E-state index contributed by atoms with van der Waals surface area (Å²) in [5.41, 5.74) is -0.378. The van der Waals surface area contributed by atoms with Crippen LogP contribution in [0.1, 0.15) is 27.2 Å². The van der Waals surface area contributed by atoms with Gasteiger partial charge >= 0.3 is 6.03 Å². The van der Waals surface area contributed by atoms with Crippen molar-refractivity contribution in [2.75, 3.05) is 19.5 Å². The van der Waals surface area contributed by atoms with Crippen molar-refractivity contribution in [3.05, 3.63) is 23.8 Å². The van der Waals surface area contributed by atoms with E-state index in [4.69, 9.17) is 4.74 Å². The van der Waals surface area contributed by atoms with Crippen molar-refractivity contribution >= 4 is 11.7 Å². The van der Waals surface area contributed by atoms with E-state index in [0.717, 1.165) is 12.1 Å². The van der Waals surface area contributed by atoms with E-state index in [9.17, 15) is 13.6 Å². The maximum Gasteiger partial charge on any atom is 0.319 e. The molecule has 0 fully saturated rings. The van der Waals surface area contributed by atoms with E-state index in [0.29, 0.717) is 6.42 Å². The summed E-state index contributed by atoms with van der Waals surface area (Å²) in [4.78, 5) is 11.8. The molecule has 0 saturated carbocycles. The highest BCUT2D eigenvalue weighted by Gasteiger charge is 2.21. The number of amides is 2. The number of rotatable bonds is 6. The molecule has 0 heterocycles. The highest BCUT2D eigenvalue weighted by Crippen LogP contribution is 2.25. The molecule has 1 atom stereocenters. The second kappa shape index (κ2) is 7.40. The van der Waals surface area contributed by atoms with Crippen LogP contribution in [0.15, 0.2) is 12.1 Å². The highest BCUT2D eigenvalue weighted by atomic mass is 19.1. The van der Waals surface area contributed by atoms with E-state index in [2.05, 4.69) is 15.4 Å². The third-order valence-electron chi connectivity index (χ3n) is 3.19. The van der Waals surface area contributed by atoms with Crippen LogP contribution in [0.2, 0.25) is 0 Å². The predicted molar refractivity (Wildman–Crippen MR) is 80.2 cm³/mol. The molecule has 0 aromatic heterocycles. The van der Waals surface area contributed by atoms with Gasteiger partial charge in [0.05, 0.1) is 12.7 Å². The number of carbonyl (C=O) groups is 1. The SMILES string of the molecule is COc1c(F)cc(NC(=O)N[C@H](C)CC(C)(C)OC)cc1F. The van der Waals surface area contributed by atoms with Crippen LogP contribution in [0.3, 0.4) is 0 Å². The zero-order valence-electron chi connectivity index (χ0n) is 13.4. The highest BCUT2D eigenvalue weighted by molar-refractivity contribution is 5.89. The Kier molecular flexibility index (Phi) is 6.11. The van der Waals surface area contributed by atoms with E-state index in [-0.39, 0.29) is 17.3 Å². The van der Waals surface area contributed by atoms with Gasteiger partial charge in [0, 0.05) is 31.0 Å². The van der Waals surface area contributed by atoms with Crippen LogP contribution in [0.25, 0.3) is 0 Å². The fourth-order valence-corrected chi connectivity index (χ4v) is 2.09. The van der Waals surface area contributed by atoms with Gasteiger partial charge in [-0.25, -0.2) is 13.6 Å².